The fraction of sp³-hybridized carbons (Fsp3) is 0.857. The molecule has 0 N–H and O–H groups in total. The first-order valence-corrected chi connectivity index (χ1v) is 6.22. The minimum Gasteiger partial charge on any atom is -0.0853 e. The van der Waals surface area contributed by atoms with Gasteiger partial charge in [-0.3, -0.25) is 0 Å². The second kappa shape index (κ2) is 3.40. The Morgan fingerprint density at radius 2 is 2.07 bits per heavy atom. The van der Waals surface area contributed by atoms with E-state index in [1.54, 1.807) is 5.57 Å². The van der Waals surface area contributed by atoms with Crippen molar-refractivity contribution in [1.29, 1.82) is 0 Å². The van der Waals surface area contributed by atoms with Gasteiger partial charge in [-0.2, -0.15) is 0 Å². The zero-order valence-electron chi connectivity index (χ0n) is 10.1. The molecule has 0 nitrogen and oxygen atoms in total. The number of hydrogen-bond donors (Lipinski definition) is 0. The highest BCUT2D eigenvalue weighted by Crippen LogP contribution is 2.57. The third-order valence-corrected chi connectivity index (χ3v) is 4.91. The summed E-state index contributed by atoms with van der Waals surface area (Å²) in [7, 11) is 0. The molecule has 14 heavy (non-hydrogen) atoms. The number of allylic oxidation sites excluding steroid dienone is 2. The standard InChI is InChI=1S/C14H24/c1-10(2)12-7-8-13-11(3)6-5-9-14(12,13)4/h6,10,12-13H,5,7-9H2,1-4H3/t12?,13?,14-/m1/s1. The Hall–Kier alpha value is -0.260. The van der Waals surface area contributed by atoms with Crippen LogP contribution in [0.2, 0.25) is 0 Å². The Bertz CT molecular complexity index is 249. The molecule has 0 aromatic carbocycles. The maximum atomic E-state index is 2.55. The normalized spacial score (nSPS) is 42.5. The Morgan fingerprint density at radius 1 is 1.36 bits per heavy atom. The van der Waals surface area contributed by atoms with Gasteiger partial charge in [-0.15, -0.1) is 0 Å². The maximum Gasteiger partial charge on any atom is -0.0149 e. The molecule has 2 rings (SSSR count). The van der Waals surface area contributed by atoms with Gasteiger partial charge in [0.1, 0.15) is 0 Å². The van der Waals surface area contributed by atoms with Gasteiger partial charge in [0.25, 0.3) is 0 Å². The highest BCUT2D eigenvalue weighted by atomic mass is 14.5. The highest BCUT2D eigenvalue weighted by molar-refractivity contribution is 5.17. The molecule has 2 aliphatic rings. The van der Waals surface area contributed by atoms with Gasteiger partial charge < -0.3 is 0 Å². The molecule has 0 heteroatoms. The Balaban J connectivity index is 2.27. The van der Waals surface area contributed by atoms with Crippen molar-refractivity contribution >= 4 is 0 Å². The zero-order chi connectivity index (χ0) is 10.3. The molecule has 0 saturated heterocycles. The molecule has 0 aromatic heterocycles. The molecule has 0 spiro atoms. The lowest BCUT2D eigenvalue weighted by Gasteiger charge is -2.42. The molecule has 1 fully saturated rings. The quantitative estimate of drug-likeness (QED) is 0.540. The largest absolute Gasteiger partial charge is 0.0853 e. The average molecular weight is 192 g/mol. The zero-order valence-corrected chi connectivity index (χ0v) is 10.1. The SMILES string of the molecule is CC1=CCC[C@@]2(C)C1CCC2C(C)C. The van der Waals surface area contributed by atoms with Crippen LogP contribution in [0.5, 0.6) is 0 Å². The van der Waals surface area contributed by atoms with E-state index in [1.807, 2.05) is 0 Å². The minimum absolute atomic E-state index is 0.632. The molecule has 0 bridgehead atoms. The summed E-state index contributed by atoms with van der Waals surface area (Å²) in [4.78, 5) is 0. The maximum absolute atomic E-state index is 2.55. The van der Waals surface area contributed by atoms with Crippen LogP contribution in [0.25, 0.3) is 0 Å². The van der Waals surface area contributed by atoms with E-state index < -0.39 is 0 Å². The lowest BCUT2D eigenvalue weighted by atomic mass is 9.63. The van der Waals surface area contributed by atoms with Crippen LogP contribution in [0.3, 0.4) is 0 Å². The van der Waals surface area contributed by atoms with Crippen LogP contribution >= 0.6 is 0 Å². The summed E-state index contributed by atoms with van der Waals surface area (Å²) in [6.07, 6.45) is 8.14. The monoisotopic (exact) mass is 192 g/mol. The first kappa shape index (κ1) is 10.3. The molecular weight excluding hydrogens is 168 g/mol. The van der Waals surface area contributed by atoms with Crippen LogP contribution in [0.15, 0.2) is 11.6 Å². The molecule has 80 valence electrons. The van der Waals surface area contributed by atoms with Gasteiger partial charge in [0.2, 0.25) is 0 Å². The third kappa shape index (κ3) is 1.34. The summed E-state index contributed by atoms with van der Waals surface area (Å²) in [6, 6.07) is 0. The van der Waals surface area contributed by atoms with Gasteiger partial charge in [-0.05, 0) is 55.8 Å². The predicted octanol–water partition coefficient (Wildman–Crippen LogP) is 4.42. The van der Waals surface area contributed by atoms with Crippen LogP contribution in [-0.2, 0) is 0 Å². The van der Waals surface area contributed by atoms with Crippen molar-refractivity contribution in [2.24, 2.45) is 23.2 Å². The molecule has 0 aromatic rings. The first-order chi connectivity index (χ1) is 6.55. The van der Waals surface area contributed by atoms with E-state index in [0.29, 0.717) is 5.41 Å². The van der Waals surface area contributed by atoms with Crippen LogP contribution < -0.4 is 0 Å². The first-order valence-electron chi connectivity index (χ1n) is 6.22. The Kier molecular flexibility index (Phi) is 2.49. The van der Waals surface area contributed by atoms with E-state index in [2.05, 4.69) is 33.8 Å². The highest BCUT2D eigenvalue weighted by Gasteiger charge is 2.48. The van der Waals surface area contributed by atoms with Gasteiger partial charge in [0.05, 0.1) is 0 Å². The fourth-order valence-corrected chi connectivity index (χ4v) is 4.22. The Morgan fingerprint density at radius 3 is 2.71 bits per heavy atom. The van der Waals surface area contributed by atoms with E-state index in [-0.39, 0.29) is 0 Å². The number of fused-ring (bicyclic) bond motifs is 1. The van der Waals surface area contributed by atoms with Gasteiger partial charge in [0.15, 0.2) is 0 Å². The lowest BCUT2D eigenvalue weighted by Crippen LogP contribution is -2.34. The molecule has 1 saturated carbocycles. The third-order valence-electron chi connectivity index (χ3n) is 4.91. The summed E-state index contributed by atoms with van der Waals surface area (Å²) in [6.45, 7) is 9.72. The summed E-state index contributed by atoms with van der Waals surface area (Å²) in [5.41, 5.74) is 2.31. The fourth-order valence-electron chi connectivity index (χ4n) is 4.22. The molecule has 0 heterocycles. The van der Waals surface area contributed by atoms with E-state index in [1.165, 1.54) is 25.7 Å². The van der Waals surface area contributed by atoms with Crippen molar-refractivity contribution in [3.8, 4) is 0 Å². The second-order valence-electron chi connectivity index (χ2n) is 5.97. The summed E-state index contributed by atoms with van der Waals surface area (Å²) < 4.78 is 0. The molecule has 0 radical (unpaired) electrons. The van der Waals surface area contributed by atoms with E-state index in [4.69, 9.17) is 0 Å². The van der Waals surface area contributed by atoms with Crippen LogP contribution in [0.1, 0.15) is 53.4 Å². The van der Waals surface area contributed by atoms with Crippen molar-refractivity contribution in [1.82, 2.24) is 0 Å². The van der Waals surface area contributed by atoms with Crippen LogP contribution in [0, 0.1) is 23.2 Å². The van der Waals surface area contributed by atoms with Gasteiger partial charge in [-0.25, -0.2) is 0 Å². The summed E-state index contributed by atoms with van der Waals surface area (Å²) in [5, 5.41) is 0. The van der Waals surface area contributed by atoms with E-state index >= 15 is 0 Å². The molecule has 0 aliphatic heterocycles. The molecule has 3 atom stereocenters. The summed E-state index contributed by atoms with van der Waals surface area (Å²) >= 11 is 0. The summed E-state index contributed by atoms with van der Waals surface area (Å²) in [5.74, 6) is 2.75. The van der Waals surface area contributed by atoms with Gasteiger partial charge >= 0.3 is 0 Å². The smallest absolute Gasteiger partial charge is 0.0149 e. The van der Waals surface area contributed by atoms with Crippen molar-refractivity contribution < 1.29 is 0 Å². The minimum atomic E-state index is 0.632. The molecule has 2 unspecified atom stereocenters. The number of hydrogen-bond acceptors (Lipinski definition) is 0. The van der Waals surface area contributed by atoms with Gasteiger partial charge in [0, 0.05) is 0 Å². The van der Waals surface area contributed by atoms with Crippen molar-refractivity contribution in [3.05, 3.63) is 11.6 Å². The molecule has 0 amide bonds. The topological polar surface area (TPSA) is 0 Å². The van der Waals surface area contributed by atoms with Crippen LogP contribution in [-0.4, -0.2) is 0 Å². The van der Waals surface area contributed by atoms with E-state index in [9.17, 15) is 0 Å². The molecular formula is C14H24. The van der Waals surface area contributed by atoms with Crippen LogP contribution in [0.4, 0.5) is 0 Å². The predicted molar refractivity (Wildman–Crippen MR) is 62.2 cm³/mol. The Labute approximate surface area is 88.8 Å². The van der Waals surface area contributed by atoms with E-state index in [0.717, 1.165) is 17.8 Å². The second-order valence-corrected chi connectivity index (χ2v) is 5.97. The number of rotatable bonds is 1. The molecule has 2 aliphatic carbocycles. The van der Waals surface area contributed by atoms with Crippen molar-refractivity contribution in [2.75, 3.05) is 0 Å². The lowest BCUT2D eigenvalue weighted by molar-refractivity contribution is 0.118. The van der Waals surface area contributed by atoms with Crippen molar-refractivity contribution in [3.63, 3.8) is 0 Å². The average Bonchev–Trinajstić information content (AvgIpc) is 2.43. The van der Waals surface area contributed by atoms with Gasteiger partial charge in [-0.1, -0.05) is 32.4 Å². The van der Waals surface area contributed by atoms with Crippen molar-refractivity contribution in [2.45, 2.75) is 53.4 Å².